The summed E-state index contributed by atoms with van der Waals surface area (Å²) in [4.78, 5) is 23.4. The number of carbonyl (C=O) groups is 1. The maximum absolute atomic E-state index is 12.1. The third-order valence-electron chi connectivity index (χ3n) is 3.41. The number of amides is 1. The Hall–Kier alpha value is -2.32. The Labute approximate surface area is 143 Å². The van der Waals surface area contributed by atoms with E-state index in [-0.39, 0.29) is 11.6 Å². The zero-order valence-electron chi connectivity index (χ0n) is 13.3. The summed E-state index contributed by atoms with van der Waals surface area (Å²) >= 11 is 6.12. The number of benzene rings is 1. The molecule has 0 atom stereocenters. The van der Waals surface area contributed by atoms with Gasteiger partial charge in [0.2, 0.25) is 0 Å². The molecule has 0 saturated carbocycles. The molecule has 2 aromatic rings. The van der Waals surface area contributed by atoms with Crippen molar-refractivity contribution in [2.24, 2.45) is 12.8 Å². The second-order valence-electron chi connectivity index (χ2n) is 5.15. The molecule has 4 N–H and O–H groups in total. The highest BCUT2D eigenvalue weighted by molar-refractivity contribution is 6.32. The number of H-pyrrole nitrogens is 1. The smallest absolute Gasteiger partial charge is 0.343 e. The van der Waals surface area contributed by atoms with Crippen LogP contribution >= 0.6 is 11.6 Å². The Kier molecular flexibility index (Phi) is 6.39. The average molecular weight is 354 g/mol. The van der Waals surface area contributed by atoms with Gasteiger partial charge in [0, 0.05) is 25.6 Å². The summed E-state index contributed by atoms with van der Waals surface area (Å²) in [6.07, 6.45) is 1.17. The number of aromatic amines is 1. The molecule has 24 heavy (non-hydrogen) atoms. The van der Waals surface area contributed by atoms with Crippen LogP contribution in [0.3, 0.4) is 0 Å². The fourth-order valence-corrected chi connectivity index (χ4v) is 2.25. The molecule has 0 fully saturated rings. The minimum absolute atomic E-state index is 0.258. The molecule has 0 bridgehead atoms. The highest BCUT2D eigenvalue weighted by Crippen LogP contribution is 2.25. The van der Waals surface area contributed by atoms with E-state index in [9.17, 15) is 9.59 Å². The largest absolute Gasteiger partial charge is 0.492 e. The third kappa shape index (κ3) is 4.59. The maximum Gasteiger partial charge on any atom is 0.343 e. The molecule has 1 aromatic heterocycles. The predicted octanol–water partition coefficient (Wildman–Crippen LogP) is 0.462. The first-order valence-corrected chi connectivity index (χ1v) is 7.91. The van der Waals surface area contributed by atoms with E-state index in [1.165, 1.54) is 4.57 Å². The number of nitrogens with zero attached hydrogens (tertiary/aromatic N) is 2. The van der Waals surface area contributed by atoms with Gasteiger partial charge in [0.25, 0.3) is 5.91 Å². The van der Waals surface area contributed by atoms with Crippen molar-refractivity contribution in [2.45, 2.75) is 12.8 Å². The Morgan fingerprint density at radius 1 is 1.50 bits per heavy atom. The van der Waals surface area contributed by atoms with E-state index in [0.29, 0.717) is 48.3 Å². The lowest BCUT2D eigenvalue weighted by Gasteiger charge is -2.09. The molecule has 1 heterocycles. The number of ether oxygens (including phenoxy) is 1. The number of carbonyl (C=O) groups excluding carboxylic acids is 1. The lowest BCUT2D eigenvalue weighted by molar-refractivity contribution is 0.0954. The Balaban J connectivity index is 1.89. The fraction of sp³-hybridized carbons (Fsp3) is 0.400. The van der Waals surface area contributed by atoms with Crippen LogP contribution in [0.4, 0.5) is 0 Å². The third-order valence-corrected chi connectivity index (χ3v) is 3.70. The average Bonchev–Trinajstić information content (AvgIpc) is 2.88. The molecule has 0 aliphatic heterocycles. The van der Waals surface area contributed by atoms with Crippen LogP contribution in [-0.2, 0) is 13.5 Å². The van der Waals surface area contributed by atoms with Crippen molar-refractivity contribution in [3.05, 3.63) is 45.1 Å². The van der Waals surface area contributed by atoms with Gasteiger partial charge in [0.05, 0.1) is 11.6 Å². The van der Waals surface area contributed by atoms with Gasteiger partial charge in [-0.15, -0.1) is 0 Å². The topological polar surface area (TPSA) is 115 Å². The first-order chi connectivity index (χ1) is 11.5. The minimum Gasteiger partial charge on any atom is -0.492 e. The van der Waals surface area contributed by atoms with E-state index in [2.05, 4.69) is 15.5 Å². The summed E-state index contributed by atoms with van der Waals surface area (Å²) in [6.45, 7) is 1.37. The van der Waals surface area contributed by atoms with Gasteiger partial charge in [0.15, 0.2) is 0 Å². The Morgan fingerprint density at radius 3 is 2.92 bits per heavy atom. The number of halogens is 1. The van der Waals surface area contributed by atoms with Gasteiger partial charge >= 0.3 is 5.69 Å². The van der Waals surface area contributed by atoms with E-state index in [0.717, 1.165) is 6.42 Å². The molecule has 0 radical (unpaired) electrons. The zero-order valence-corrected chi connectivity index (χ0v) is 14.1. The normalized spacial score (nSPS) is 10.6. The van der Waals surface area contributed by atoms with Crippen LogP contribution in [0.25, 0.3) is 0 Å². The Morgan fingerprint density at radius 2 is 2.29 bits per heavy atom. The first kappa shape index (κ1) is 18.0. The van der Waals surface area contributed by atoms with Crippen LogP contribution in [0.1, 0.15) is 22.6 Å². The second-order valence-corrected chi connectivity index (χ2v) is 5.55. The van der Waals surface area contributed by atoms with Gasteiger partial charge in [-0.2, -0.15) is 5.10 Å². The van der Waals surface area contributed by atoms with Gasteiger partial charge in [-0.05, 0) is 31.2 Å². The molecule has 0 saturated heterocycles. The van der Waals surface area contributed by atoms with Crippen LogP contribution in [0.15, 0.2) is 23.0 Å². The molecule has 0 aliphatic rings. The highest BCUT2D eigenvalue weighted by Gasteiger charge is 2.10. The molecule has 8 nitrogen and oxygen atoms in total. The summed E-state index contributed by atoms with van der Waals surface area (Å²) < 4.78 is 6.88. The van der Waals surface area contributed by atoms with E-state index >= 15 is 0 Å². The van der Waals surface area contributed by atoms with Crippen LogP contribution < -0.4 is 21.5 Å². The van der Waals surface area contributed by atoms with Gasteiger partial charge < -0.3 is 15.8 Å². The van der Waals surface area contributed by atoms with Gasteiger partial charge in [-0.1, -0.05) is 11.6 Å². The maximum atomic E-state index is 12.1. The molecule has 0 unspecified atom stereocenters. The zero-order chi connectivity index (χ0) is 17.5. The van der Waals surface area contributed by atoms with Crippen LogP contribution in [0.2, 0.25) is 5.02 Å². The van der Waals surface area contributed by atoms with Crippen molar-refractivity contribution in [3.8, 4) is 5.75 Å². The highest BCUT2D eigenvalue weighted by atomic mass is 35.5. The molecule has 0 aliphatic carbocycles. The molecule has 1 amide bonds. The van der Waals surface area contributed by atoms with E-state index in [1.807, 2.05) is 0 Å². The van der Waals surface area contributed by atoms with Crippen molar-refractivity contribution in [1.29, 1.82) is 0 Å². The van der Waals surface area contributed by atoms with Crippen molar-refractivity contribution in [1.82, 2.24) is 20.1 Å². The van der Waals surface area contributed by atoms with Crippen molar-refractivity contribution >= 4 is 17.5 Å². The molecular weight excluding hydrogens is 334 g/mol. The van der Waals surface area contributed by atoms with Gasteiger partial charge in [-0.25, -0.2) is 9.89 Å². The number of nitrogens with two attached hydrogens (primary N) is 1. The minimum atomic E-state index is -0.284. The predicted molar refractivity (Wildman–Crippen MR) is 90.5 cm³/mol. The van der Waals surface area contributed by atoms with Gasteiger partial charge in [0.1, 0.15) is 11.6 Å². The summed E-state index contributed by atoms with van der Waals surface area (Å²) in [6, 6.07) is 4.85. The molecule has 9 heteroatoms. The molecule has 130 valence electrons. The standard InChI is InChI=1S/C15H20ClN5O3/c1-21-13(19-20-15(21)23)5-7-18-14(22)10-3-4-12(11(16)9-10)24-8-2-6-17/h3-4,9H,2,5-8,17H2,1H3,(H,18,22)(H,20,23). The number of rotatable bonds is 8. The monoisotopic (exact) mass is 353 g/mol. The van der Waals surface area contributed by atoms with E-state index in [1.54, 1.807) is 25.2 Å². The number of nitrogens with one attached hydrogen (secondary N) is 2. The molecule has 2 rings (SSSR count). The summed E-state index contributed by atoms with van der Waals surface area (Å²) in [5.74, 6) is 0.834. The number of hydrogen-bond donors (Lipinski definition) is 3. The number of hydrogen-bond acceptors (Lipinski definition) is 5. The SMILES string of the molecule is Cn1c(CCNC(=O)c2ccc(OCCCN)c(Cl)c2)n[nH]c1=O. The van der Waals surface area contributed by atoms with Crippen LogP contribution in [0, 0.1) is 0 Å². The van der Waals surface area contributed by atoms with E-state index in [4.69, 9.17) is 22.1 Å². The Bertz CT molecular complexity index is 756. The van der Waals surface area contributed by atoms with Crippen LogP contribution in [0.5, 0.6) is 5.75 Å². The van der Waals surface area contributed by atoms with Crippen molar-refractivity contribution in [3.63, 3.8) is 0 Å². The lowest BCUT2D eigenvalue weighted by atomic mass is 10.2. The quantitative estimate of drug-likeness (QED) is 0.596. The molecule has 0 spiro atoms. The summed E-state index contributed by atoms with van der Waals surface area (Å²) in [5, 5.41) is 9.35. The first-order valence-electron chi connectivity index (χ1n) is 7.54. The summed E-state index contributed by atoms with van der Waals surface area (Å²) in [7, 11) is 1.62. The van der Waals surface area contributed by atoms with Crippen LogP contribution in [-0.4, -0.2) is 40.4 Å². The summed E-state index contributed by atoms with van der Waals surface area (Å²) in [5.41, 5.74) is 5.55. The number of aromatic nitrogens is 3. The van der Waals surface area contributed by atoms with E-state index < -0.39 is 0 Å². The fourth-order valence-electron chi connectivity index (χ4n) is 2.02. The molecular formula is C15H20ClN5O3. The van der Waals surface area contributed by atoms with Gasteiger partial charge in [-0.3, -0.25) is 9.36 Å². The van der Waals surface area contributed by atoms with Crippen molar-refractivity contribution < 1.29 is 9.53 Å². The second kappa shape index (κ2) is 8.51. The van der Waals surface area contributed by atoms with Crippen molar-refractivity contribution in [2.75, 3.05) is 19.7 Å². The molecule has 1 aromatic carbocycles. The lowest BCUT2D eigenvalue weighted by Crippen LogP contribution is -2.27.